The topological polar surface area (TPSA) is 69.8 Å². The third-order valence-corrected chi connectivity index (χ3v) is 7.25. The van der Waals surface area contributed by atoms with Crippen molar-refractivity contribution < 1.29 is 0 Å². The number of H-pyrrole nitrogens is 1. The lowest BCUT2D eigenvalue weighted by atomic mass is 9.87. The molecular weight excluding hydrogens is 406 g/mol. The van der Waals surface area contributed by atoms with Crippen LogP contribution in [0.2, 0.25) is 0 Å². The predicted molar refractivity (Wildman–Crippen MR) is 140 cm³/mol. The molecule has 1 fully saturated rings. The second kappa shape index (κ2) is 9.14. The summed E-state index contributed by atoms with van der Waals surface area (Å²) in [6.07, 6.45) is 12.8. The summed E-state index contributed by atoms with van der Waals surface area (Å²) in [6.45, 7) is 11.4. The van der Waals surface area contributed by atoms with Crippen molar-refractivity contribution in [2.45, 2.75) is 57.4 Å². The Morgan fingerprint density at radius 1 is 1.21 bits per heavy atom. The van der Waals surface area contributed by atoms with Crippen molar-refractivity contribution in [1.82, 2.24) is 9.88 Å². The van der Waals surface area contributed by atoms with Gasteiger partial charge in [-0.05, 0) is 85.5 Å². The Hall–Kier alpha value is -2.92. The maximum Gasteiger partial charge on any atom is 0.111 e. The Morgan fingerprint density at radius 3 is 2.79 bits per heavy atom. The quantitative estimate of drug-likeness (QED) is 0.641. The predicted octanol–water partition coefficient (Wildman–Crippen LogP) is 5.53. The molecule has 3 N–H and O–H groups in total. The molecule has 1 aliphatic carbocycles. The van der Waals surface area contributed by atoms with Crippen molar-refractivity contribution in [3.05, 3.63) is 65.5 Å². The molecule has 5 rings (SSSR count). The summed E-state index contributed by atoms with van der Waals surface area (Å²) in [4.78, 5) is 15.1. The number of aliphatic imine (C=N–C) groups is 2. The Labute approximate surface area is 196 Å². The van der Waals surface area contributed by atoms with E-state index >= 15 is 0 Å². The van der Waals surface area contributed by atoms with E-state index in [4.69, 9.17) is 5.73 Å². The van der Waals surface area contributed by atoms with E-state index in [0.29, 0.717) is 11.8 Å². The highest BCUT2D eigenvalue weighted by Crippen LogP contribution is 2.37. The Balaban J connectivity index is 1.45. The van der Waals surface area contributed by atoms with E-state index in [2.05, 4.69) is 76.7 Å². The van der Waals surface area contributed by atoms with Crippen LogP contribution in [-0.4, -0.2) is 47.6 Å². The van der Waals surface area contributed by atoms with Gasteiger partial charge < -0.3 is 10.7 Å². The van der Waals surface area contributed by atoms with E-state index in [1.54, 1.807) is 6.34 Å². The van der Waals surface area contributed by atoms with Crippen LogP contribution < -0.4 is 5.73 Å². The molecule has 3 aliphatic rings. The van der Waals surface area contributed by atoms with E-state index in [1.165, 1.54) is 46.1 Å². The lowest BCUT2D eigenvalue weighted by molar-refractivity contribution is 0.228. The monoisotopic (exact) mass is 441 g/mol. The molecule has 2 aliphatic heterocycles. The molecule has 2 aromatic rings. The first-order chi connectivity index (χ1) is 16.0. The average molecular weight is 442 g/mol. The van der Waals surface area contributed by atoms with Gasteiger partial charge in [-0.15, -0.1) is 0 Å². The second-order valence-electron chi connectivity index (χ2n) is 9.99. The molecule has 3 heterocycles. The van der Waals surface area contributed by atoms with E-state index in [0.717, 1.165) is 43.9 Å². The van der Waals surface area contributed by atoms with Gasteiger partial charge in [0.15, 0.2) is 0 Å². The average Bonchev–Trinajstić information content (AvgIpc) is 3.37. The third-order valence-electron chi connectivity index (χ3n) is 7.25. The summed E-state index contributed by atoms with van der Waals surface area (Å²) in [5.41, 5.74) is 14.3. The van der Waals surface area contributed by atoms with E-state index in [9.17, 15) is 0 Å². The lowest BCUT2D eigenvalue weighted by Crippen LogP contribution is -2.35. The molecule has 33 heavy (non-hydrogen) atoms. The van der Waals surface area contributed by atoms with Gasteiger partial charge in [0.25, 0.3) is 0 Å². The van der Waals surface area contributed by atoms with Gasteiger partial charge in [-0.3, -0.25) is 9.89 Å². The van der Waals surface area contributed by atoms with Gasteiger partial charge in [-0.1, -0.05) is 38.6 Å². The number of nitrogens with two attached hydrogens (primary N) is 1. The van der Waals surface area contributed by atoms with Crippen LogP contribution in [-0.2, 0) is 0 Å². The maximum atomic E-state index is 5.82. The number of hydrogen-bond acceptors (Lipinski definition) is 4. The van der Waals surface area contributed by atoms with Crippen molar-refractivity contribution in [2.75, 3.05) is 19.6 Å². The number of likely N-dealkylation sites (tertiary alicyclic amines) is 1. The first kappa shape index (κ1) is 21.9. The molecule has 1 atom stereocenters. The van der Waals surface area contributed by atoms with Crippen LogP contribution >= 0.6 is 0 Å². The normalized spacial score (nSPS) is 24.3. The molecule has 0 amide bonds. The van der Waals surface area contributed by atoms with E-state index < -0.39 is 0 Å². The molecular formula is C28H35N5. The molecule has 0 spiro atoms. The van der Waals surface area contributed by atoms with Crippen LogP contribution in [0, 0.1) is 0 Å². The van der Waals surface area contributed by atoms with Crippen molar-refractivity contribution in [1.29, 1.82) is 0 Å². The number of nitrogens with one attached hydrogen (secondary N) is 1. The zero-order valence-corrected chi connectivity index (χ0v) is 19.8. The number of allylic oxidation sites excluding steroid dienone is 3. The number of hydrogen-bond donors (Lipinski definition) is 2. The molecule has 0 bridgehead atoms. The highest BCUT2D eigenvalue weighted by Gasteiger charge is 2.24. The number of rotatable bonds is 5. The molecule has 5 nitrogen and oxygen atoms in total. The van der Waals surface area contributed by atoms with Crippen LogP contribution in [0.1, 0.15) is 68.2 Å². The van der Waals surface area contributed by atoms with Gasteiger partial charge in [0, 0.05) is 28.8 Å². The second-order valence-corrected chi connectivity index (χ2v) is 9.99. The summed E-state index contributed by atoms with van der Waals surface area (Å²) >= 11 is 0. The fourth-order valence-electron chi connectivity index (χ4n) is 5.57. The van der Waals surface area contributed by atoms with Gasteiger partial charge in [0.1, 0.15) is 6.34 Å². The number of benzene rings is 1. The smallest absolute Gasteiger partial charge is 0.111 e. The largest absolute Gasteiger partial charge is 0.401 e. The standard InChI is InChI=1S/C28H35N5/c1-18(2)27-23-15-22(20-11-13-33(14-12-20)16-19(3)29)8-9-24(23)32-28(27)21-5-4-6-25-26(10-7-21)31-17-30-25/h5,7-10,15,17-18,20,25,32H,3-4,6,11-14,16,29H2,1-2H3/b10-7-,21-5+. The fourth-order valence-corrected chi connectivity index (χ4v) is 5.57. The van der Waals surface area contributed by atoms with Gasteiger partial charge in [-0.2, -0.15) is 0 Å². The van der Waals surface area contributed by atoms with Crippen LogP contribution in [0.5, 0.6) is 0 Å². The molecule has 0 saturated carbocycles. The van der Waals surface area contributed by atoms with Crippen LogP contribution in [0.3, 0.4) is 0 Å². The number of nitrogens with zero attached hydrogens (tertiary/aromatic N) is 3. The van der Waals surface area contributed by atoms with Gasteiger partial charge in [-0.25, -0.2) is 4.99 Å². The van der Waals surface area contributed by atoms with Gasteiger partial charge in [0.2, 0.25) is 0 Å². The van der Waals surface area contributed by atoms with Crippen LogP contribution in [0.25, 0.3) is 16.5 Å². The minimum Gasteiger partial charge on any atom is -0.401 e. The minimum atomic E-state index is 0.225. The first-order valence-electron chi connectivity index (χ1n) is 12.3. The number of aromatic amines is 1. The minimum absolute atomic E-state index is 0.225. The number of fused-ring (bicyclic) bond motifs is 2. The van der Waals surface area contributed by atoms with Crippen molar-refractivity contribution >= 4 is 28.5 Å². The van der Waals surface area contributed by atoms with Crippen molar-refractivity contribution in [3.63, 3.8) is 0 Å². The molecule has 5 heteroatoms. The van der Waals surface area contributed by atoms with Gasteiger partial charge in [0.05, 0.1) is 11.8 Å². The molecule has 1 saturated heterocycles. The van der Waals surface area contributed by atoms with E-state index in [-0.39, 0.29) is 6.04 Å². The van der Waals surface area contributed by atoms with Crippen molar-refractivity contribution in [2.24, 2.45) is 15.7 Å². The molecule has 0 radical (unpaired) electrons. The van der Waals surface area contributed by atoms with Crippen LogP contribution in [0.15, 0.2) is 58.7 Å². The molecule has 1 aromatic heterocycles. The maximum absolute atomic E-state index is 5.82. The summed E-state index contributed by atoms with van der Waals surface area (Å²) in [6, 6.07) is 7.28. The lowest BCUT2D eigenvalue weighted by Gasteiger charge is -2.32. The third kappa shape index (κ3) is 4.47. The van der Waals surface area contributed by atoms with Crippen LogP contribution in [0.4, 0.5) is 0 Å². The summed E-state index contributed by atoms with van der Waals surface area (Å²) in [7, 11) is 0. The Bertz CT molecular complexity index is 1170. The highest BCUT2D eigenvalue weighted by atomic mass is 15.1. The summed E-state index contributed by atoms with van der Waals surface area (Å²) in [5, 5.41) is 1.37. The zero-order valence-electron chi connectivity index (χ0n) is 19.8. The summed E-state index contributed by atoms with van der Waals surface area (Å²) in [5.74, 6) is 1.04. The highest BCUT2D eigenvalue weighted by molar-refractivity contribution is 6.08. The SMILES string of the molecule is C=C(N)CN1CCC(c2ccc3[nH]c(C4=C/CCC5N=CN=C5/C=C\4)c(C(C)C)c3c2)CC1. The zero-order chi connectivity index (χ0) is 22.9. The Kier molecular flexibility index (Phi) is 6.07. The summed E-state index contributed by atoms with van der Waals surface area (Å²) < 4.78 is 0. The molecule has 172 valence electrons. The van der Waals surface area contributed by atoms with Gasteiger partial charge >= 0.3 is 0 Å². The first-order valence-corrected chi connectivity index (χ1v) is 12.3. The number of piperidine rings is 1. The number of aromatic nitrogens is 1. The van der Waals surface area contributed by atoms with Crippen molar-refractivity contribution in [3.8, 4) is 0 Å². The molecule has 1 aromatic carbocycles. The van der Waals surface area contributed by atoms with E-state index in [1.807, 2.05) is 0 Å². The fraction of sp³-hybridized carbons (Fsp3) is 0.429. The Morgan fingerprint density at radius 2 is 2.03 bits per heavy atom. The molecule has 1 unspecified atom stereocenters.